The Bertz CT molecular complexity index is 1230. The zero-order chi connectivity index (χ0) is 22.2. The first-order valence-corrected chi connectivity index (χ1v) is 9.32. The zero-order valence-electron chi connectivity index (χ0n) is 16.2. The summed E-state index contributed by atoms with van der Waals surface area (Å²) in [5, 5.41) is 6.50. The number of rotatable bonds is 4. The highest BCUT2D eigenvalue weighted by Gasteiger charge is 2.36. The quantitative estimate of drug-likeness (QED) is 0.463. The number of carbonyl (C=O) groups excluding carboxylic acids is 1. The highest BCUT2D eigenvalue weighted by atomic mass is 19.4. The van der Waals surface area contributed by atoms with E-state index in [0.717, 1.165) is 30.0 Å². The molecule has 4 aromatic rings. The van der Waals surface area contributed by atoms with Crippen molar-refractivity contribution < 1.29 is 22.4 Å². The number of nitrogens with zero attached hydrogens (tertiary/aromatic N) is 3. The number of hydrogen-bond donors (Lipinski definition) is 1. The first kappa shape index (κ1) is 20.5. The molecular weight excluding hydrogens is 412 g/mol. The van der Waals surface area contributed by atoms with E-state index in [0.29, 0.717) is 4.52 Å². The van der Waals surface area contributed by atoms with Gasteiger partial charge in [0.2, 0.25) is 0 Å². The Morgan fingerprint density at radius 1 is 1.06 bits per heavy atom. The van der Waals surface area contributed by atoms with Crippen molar-refractivity contribution in [2.75, 3.05) is 0 Å². The molecule has 1 N–H and O–H groups in total. The van der Waals surface area contributed by atoms with Crippen LogP contribution in [0.25, 0.3) is 16.9 Å². The van der Waals surface area contributed by atoms with Gasteiger partial charge in [-0.1, -0.05) is 30.3 Å². The summed E-state index contributed by atoms with van der Waals surface area (Å²) in [6.45, 7) is 1.76. The third-order valence-corrected chi connectivity index (χ3v) is 4.79. The van der Waals surface area contributed by atoms with Crippen LogP contribution in [-0.2, 0) is 6.18 Å². The molecule has 2 heterocycles. The highest BCUT2D eigenvalue weighted by molar-refractivity contribution is 6.00. The number of alkyl halides is 3. The van der Waals surface area contributed by atoms with Crippen LogP contribution in [-0.4, -0.2) is 20.5 Å². The molecule has 0 radical (unpaired) electrons. The molecule has 0 saturated carbocycles. The molecule has 0 saturated heterocycles. The van der Waals surface area contributed by atoms with Crippen LogP contribution in [0.15, 0.2) is 66.9 Å². The van der Waals surface area contributed by atoms with E-state index in [-0.39, 0.29) is 28.5 Å². The molecule has 0 aliphatic rings. The average Bonchev–Trinajstić information content (AvgIpc) is 3.17. The third-order valence-electron chi connectivity index (χ3n) is 4.79. The summed E-state index contributed by atoms with van der Waals surface area (Å²) in [7, 11) is 0. The molecular formula is C22H16F4N4O. The first-order valence-electron chi connectivity index (χ1n) is 9.32. The van der Waals surface area contributed by atoms with Gasteiger partial charge in [-0.2, -0.15) is 18.3 Å². The van der Waals surface area contributed by atoms with E-state index in [1.165, 1.54) is 12.1 Å². The second kappa shape index (κ2) is 7.82. The molecule has 0 aliphatic carbocycles. The van der Waals surface area contributed by atoms with Crippen molar-refractivity contribution in [3.63, 3.8) is 0 Å². The first-order chi connectivity index (χ1) is 14.7. The lowest BCUT2D eigenvalue weighted by atomic mass is 10.1. The number of hydrogen-bond acceptors (Lipinski definition) is 3. The van der Waals surface area contributed by atoms with Gasteiger partial charge < -0.3 is 5.32 Å². The van der Waals surface area contributed by atoms with Gasteiger partial charge >= 0.3 is 6.18 Å². The molecule has 2 aromatic heterocycles. The maximum atomic E-state index is 13.7. The Balaban J connectivity index is 1.79. The fraction of sp³-hybridized carbons (Fsp3) is 0.136. The molecule has 0 aliphatic heterocycles. The van der Waals surface area contributed by atoms with Gasteiger partial charge in [-0.3, -0.25) is 4.79 Å². The number of fused-ring (bicyclic) bond motifs is 1. The minimum atomic E-state index is -4.74. The summed E-state index contributed by atoms with van der Waals surface area (Å²) in [5.41, 5.74) is -0.371. The molecule has 0 unspecified atom stereocenters. The molecule has 31 heavy (non-hydrogen) atoms. The Morgan fingerprint density at radius 3 is 2.39 bits per heavy atom. The van der Waals surface area contributed by atoms with E-state index in [1.807, 2.05) is 30.3 Å². The van der Waals surface area contributed by atoms with Crippen molar-refractivity contribution >= 4 is 11.6 Å². The summed E-state index contributed by atoms with van der Waals surface area (Å²) in [6, 6.07) is 14.5. The van der Waals surface area contributed by atoms with Crippen LogP contribution in [0, 0.1) is 5.82 Å². The molecule has 0 fully saturated rings. The van der Waals surface area contributed by atoms with Crippen molar-refractivity contribution in [3.8, 4) is 11.3 Å². The second-order valence-electron chi connectivity index (χ2n) is 6.93. The summed E-state index contributed by atoms with van der Waals surface area (Å²) in [6.07, 6.45) is -3.69. The van der Waals surface area contributed by atoms with E-state index in [4.69, 9.17) is 0 Å². The summed E-state index contributed by atoms with van der Waals surface area (Å²) < 4.78 is 54.8. The van der Waals surface area contributed by atoms with Gasteiger partial charge in [-0.15, -0.1) is 0 Å². The van der Waals surface area contributed by atoms with Gasteiger partial charge in [-0.25, -0.2) is 13.9 Å². The predicted octanol–water partition coefficient (Wildman–Crippen LogP) is 5.05. The van der Waals surface area contributed by atoms with Crippen LogP contribution >= 0.6 is 0 Å². The van der Waals surface area contributed by atoms with E-state index < -0.39 is 23.6 Å². The van der Waals surface area contributed by atoms with Gasteiger partial charge in [-0.05, 0) is 42.8 Å². The molecule has 0 bridgehead atoms. The molecule has 9 heteroatoms. The summed E-state index contributed by atoms with van der Waals surface area (Å²) in [4.78, 5) is 17.0. The molecule has 5 nitrogen and oxygen atoms in total. The molecule has 4 rings (SSSR count). The molecule has 158 valence electrons. The Morgan fingerprint density at radius 2 is 1.74 bits per heavy atom. The lowest BCUT2D eigenvalue weighted by Crippen LogP contribution is -2.26. The highest BCUT2D eigenvalue weighted by Crippen LogP contribution is 2.33. The Kier molecular flexibility index (Phi) is 5.18. The monoisotopic (exact) mass is 428 g/mol. The lowest BCUT2D eigenvalue weighted by molar-refractivity contribution is -0.142. The largest absolute Gasteiger partial charge is 0.433 e. The normalized spacial score (nSPS) is 12.7. The Labute approximate surface area is 174 Å². The molecule has 1 amide bonds. The van der Waals surface area contributed by atoms with E-state index in [9.17, 15) is 22.4 Å². The van der Waals surface area contributed by atoms with Crippen LogP contribution < -0.4 is 5.32 Å². The zero-order valence-corrected chi connectivity index (χ0v) is 16.2. The van der Waals surface area contributed by atoms with Crippen molar-refractivity contribution in [2.24, 2.45) is 0 Å². The van der Waals surface area contributed by atoms with E-state index in [2.05, 4.69) is 15.4 Å². The second-order valence-corrected chi connectivity index (χ2v) is 6.93. The van der Waals surface area contributed by atoms with Gasteiger partial charge in [0.25, 0.3) is 5.91 Å². The third kappa shape index (κ3) is 4.11. The molecule has 1 atom stereocenters. The van der Waals surface area contributed by atoms with Crippen LogP contribution in [0.1, 0.15) is 34.6 Å². The topological polar surface area (TPSA) is 59.3 Å². The number of halogens is 4. The van der Waals surface area contributed by atoms with Crippen molar-refractivity contribution in [1.29, 1.82) is 0 Å². The number of carbonyl (C=O) groups is 1. The molecule has 0 spiro atoms. The number of nitrogens with one attached hydrogen (secondary N) is 1. The molecule has 2 aromatic carbocycles. The summed E-state index contributed by atoms with van der Waals surface area (Å²) in [5.74, 6) is -1.14. The minimum Gasteiger partial charge on any atom is -0.345 e. The smallest absolute Gasteiger partial charge is 0.345 e. The summed E-state index contributed by atoms with van der Waals surface area (Å²) >= 11 is 0. The van der Waals surface area contributed by atoms with Crippen molar-refractivity contribution in [1.82, 2.24) is 19.9 Å². The fourth-order valence-electron chi connectivity index (χ4n) is 3.19. The van der Waals surface area contributed by atoms with Gasteiger partial charge in [0, 0.05) is 5.56 Å². The van der Waals surface area contributed by atoms with Gasteiger partial charge in [0.05, 0.1) is 17.9 Å². The van der Waals surface area contributed by atoms with E-state index in [1.54, 1.807) is 6.92 Å². The lowest BCUT2D eigenvalue weighted by Gasteiger charge is -2.14. The van der Waals surface area contributed by atoms with Gasteiger partial charge in [0.1, 0.15) is 11.4 Å². The maximum Gasteiger partial charge on any atom is 0.433 e. The van der Waals surface area contributed by atoms with Gasteiger partial charge in [0.15, 0.2) is 11.3 Å². The number of benzene rings is 2. The number of aromatic nitrogens is 3. The van der Waals surface area contributed by atoms with Crippen LogP contribution in [0.3, 0.4) is 0 Å². The standard InChI is InChI=1S/C22H16F4N4O/c1-13(14-5-3-2-4-6-14)28-21(31)17-12-27-30-19(22(24,25)26)11-18(29-20(17)30)15-7-9-16(23)10-8-15/h2-13H,1H3,(H,28,31)/t13-/m0/s1. The van der Waals surface area contributed by atoms with Crippen LogP contribution in [0.2, 0.25) is 0 Å². The van der Waals surface area contributed by atoms with Crippen LogP contribution in [0.4, 0.5) is 17.6 Å². The average molecular weight is 428 g/mol. The fourth-order valence-corrected chi connectivity index (χ4v) is 3.19. The Hall–Kier alpha value is -3.75. The predicted molar refractivity (Wildman–Crippen MR) is 106 cm³/mol. The number of amides is 1. The minimum absolute atomic E-state index is 0.0505. The van der Waals surface area contributed by atoms with E-state index >= 15 is 0 Å². The van der Waals surface area contributed by atoms with Crippen molar-refractivity contribution in [3.05, 3.63) is 89.5 Å². The SMILES string of the molecule is C[C@H](NC(=O)c1cnn2c(C(F)(F)F)cc(-c3ccc(F)cc3)nc12)c1ccccc1. The van der Waals surface area contributed by atoms with Crippen molar-refractivity contribution in [2.45, 2.75) is 19.1 Å². The maximum absolute atomic E-state index is 13.7. The van der Waals surface area contributed by atoms with Crippen LogP contribution in [0.5, 0.6) is 0 Å².